The first kappa shape index (κ1) is 22.4. The van der Waals surface area contributed by atoms with Crippen LogP contribution in [0.15, 0.2) is 78.9 Å². The number of para-hydroxylation sites is 1. The van der Waals surface area contributed by atoms with Crippen LogP contribution in [0.2, 0.25) is 0 Å². The van der Waals surface area contributed by atoms with Crippen molar-refractivity contribution >= 4 is 46.6 Å². The van der Waals surface area contributed by atoms with E-state index in [1.54, 1.807) is 11.8 Å². The Morgan fingerprint density at radius 1 is 1.00 bits per heavy atom. The van der Waals surface area contributed by atoms with Crippen molar-refractivity contribution in [3.05, 3.63) is 95.6 Å². The summed E-state index contributed by atoms with van der Waals surface area (Å²) in [6, 6.07) is 25.0. The molecule has 1 saturated heterocycles. The van der Waals surface area contributed by atoms with Crippen LogP contribution in [0.25, 0.3) is 0 Å². The summed E-state index contributed by atoms with van der Waals surface area (Å²) in [5.74, 6) is 0.596. The molecule has 0 aromatic heterocycles. The molecule has 0 bridgehead atoms. The van der Waals surface area contributed by atoms with Crippen molar-refractivity contribution in [2.24, 2.45) is 0 Å². The molecule has 1 heterocycles. The number of hydrogen-bond donors (Lipinski definition) is 1. The molecule has 32 heavy (non-hydrogen) atoms. The predicted octanol–water partition coefficient (Wildman–Crippen LogP) is 6.51. The van der Waals surface area contributed by atoms with Crippen molar-refractivity contribution < 1.29 is 9.59 Å². The number of hydrogen-bond acceptors (Lipinski definition) is 3. The summed E-state index contributed by atoms with van der Waals surface area (Å²) < 4.78 is 0. The standard InChI is InChI=1S/C26H25ClN2O2S/c1-17(2)21-10-6-7-11-22(21)29-23(30)16-32-26(29)19-12-14-20(15-13-19)28-25(31)24(27)18-8-4-3-5-9-18/h3-15,17,24,26H,16H2,1-2H3,(H,28,31). The summed E-state index contributed by atoms with van der Waals surface area (Å²) in [6.07, 6.45) is 0. The zero-order valence-electron chi connectivity index (χ0n) is 18.0. The maximum atomic E-state index is 12.8. The van der Waals surface area contributed by atoms with Gasteiger partial charge in [0.1, 0.15) is 10.8 Å². The quantitative estimate of drug-likeness (QED) is 0.423. The van der Waals surface area contributed by atoms with Crippen LogP contribution >= 0.6 is 23.4 Å². The molecular weight excluding hydrogens is 440 g/mol. The van der Waals surface area contributed by atoms with Crippen molar-refractivity contribution in [2.45, 2.75) is 30.5 Å². The fourth-order valence-electron chi connectivity index (χ4n) is 3.84. The third-order valence-electron chi connectivity index (χ3n) is 5.47. The van der Waals surface area contributed by atoms with Gasteiger partial charge in [-0.15, -0.1) is 23.4 Å². The lowest BCUT2D eigenvalue weighted by atomic mass is 10.00. The summed E-state index contributed by atoms with van der Waals surface area (Å²) in [6.45, 7) is 4.27. The van der Waals surface area contributed by atoms with E-state index in [9.17, 15) is 9.59 Å². The number of nitrogens with zero attached hydrogens (tertiary/aromatic N) is 1. The van der Waals surface area contributed by atoms with Crippen LogP contribution in [-0.4, -0.2) is 17.6 Å². The van der Waals surface area contributed by atoms with Crippen LogP contribution in [0.4, 0.5) is 11.4 Å². The first-order valence-corrected chi connectivity index (χ1v) is 12.1. The molecular formula is C26H25ClN2O2S. The van der Waals surface area contributed by atoms with Gasteiger partial charge in [0, 0.05) is 11.4 Å². The van der Waals surface area contributed by atoms with Crippen LogP contribution in [0.3, 0.4) is 0 Å². The number of carbonyl (C=O) groups is 2. The summed E-state index contributed by atoms with van der Waals surface area (Å²) in [4.78, 5) is 27.2. The number of amides is 2. The van der Waals surface area contributed by atoms with Crippen molar-refractivity contribution in [3.8, 4) is 0 Å². The Kier molecular flexibility index (Phi) is 6.87. The Labute approximate surface area is 198 Å². The Morgan fingerprint density at radius 3 is 2.34 bits per heavy atom. The number of carbonyl (C=O) groups excluding carboxylic acids is 2. The smallest absolute Gasteiger partial charge is 0.246 e. The second-order valence-corrected chi connectivity index (χ2v) is 9.53. The van der Waals surface area contributed by atoms with Crippen LogP contribution in [0.5, 0.6) is 0 Å². The number of benzene rings is 3. The van der Waals surface area contributed by atoms with Gasteiger partial charge in [0.2, 0.25) is 11.8 Å². The monoisotopic (exact) mass is 464 g/mol. The maximum Gasteiger partial charge on any atom is 0.246 e. The average molecular weight is 465 g/mol. The van der Waals surface area contributed by atoms with E-state index in [2.05, 4.69) is 25.2 Å². The number of rotatable bonds is 6. The molecule has 2 unspecified atom stereocenters. The van der Waals surface area contributed by atoms with Gasteiger partial charge in [-0.25, -0.2) is 0 Å². The normalized spacial score (nSPS) is 16.9. The van der Waals surface area contributed by atoms with Gasteiger partial charge < -0.3 is 5.32 Å². The van der Waals surface area contributed by atoms with Crippen LogP contribution < -0.4 is 10.2 Å². The zero-order valence-corrected chi connectivity index (χ0v) is 19.6. The van der Waals surface area contributed by atoms with Gasteiger partial charge in [-0.1, -0.05) is 74.5 Å². The van der Waals surface area contributed by atoms with Gasteiger partial charge in [-0.2, -0.15) is 0 Å². The van der Waals surface area contributed by atoms with E-state index < -0.39 is 5.38 Å². The molecule has 164 valence electrons. The molecule has 2 amide bonds. The topological polar surface area (TPSA) is 49.4 Å². The van der Waals surface area contributed by atoms with Crippen molar-refractivity contribution in [2.75, 3.05) is 16.0 Å². The van der Waals surface area contributed by atoms with Crippen molar-refractivity contribution in [1.29, 1.82) is 0 Å². The van der Waals surface area contributed by atoms with Crippen LogP contribution in [0.1, 0.15) is 47.2 Å². The third-order valence-corrected chi connectivity index (χ3v) is 7.13. The van der Waals surface area contributed by atoms with Crippen LogP contribution in [-0.2, 0) is 9.59 Å². The minimum absolute atomic E-state index is 0.0998. The van der Waals surface area contributed by atoms with Gasteiger partial charge in [-0.3, -0.25) is 14.5 Å². The number of thioether (sulfide) groups is 1. The average Bonchev–Trinajstić information content (AvgIpc) is 3.20. The Morgan fingerprint density at radius 2 is 1.66 bits per heavy atom. The van der Waals surface area contributed by atoms with Gasteiger partial charge in [0.15, 0.2) is 0 Å². The molecule has 0 spiro atoms. The second kappa shape index (κ2) is 9.80. The Balaban J connectivity index is 1.52. The molecule has 0 radical (unpaired) electrons. The highest BCUT2D eigenvalue weighted by molar-refractivity contribution is 8.00. The molecule has 4 nitrogen and oxygen atoms in total. The predicted molar refractivity (Wildman–Crippen MR) is 133 cm³/mol. The Bertz CT molecular complexity index is 1100. The highest BCUT2D eigenvalue weighted by atomic mass is 35.5. The number of nitrogens with one attached hydrogen (secondary N) is 1. The van der Waals surface area contributed by atoms with Gasteiger partial charge >= 0.3 is 0 Å². The molecule has 1 aliphatic heterocycles. The molecule has 4 rings (SSSR count). The largest absolute Gasteiger partial charge is 0.325 e. The third kappa shape index (κ3) is 4.69. The van der Waals surface area contributed by atoms with E-state index in [0.29, 0.717) is 17.4 Å². The molecule has 3 aromatic carbocycles. The Hall–Kier alpha value is -2.76. The minimum Gasteiger partial charge on any atom is -0.325 e. The highest BCUT2D eigenvalue weighted by Gasteiger charge is 2.35. The number of halogens is 1. The van der Waals surface area contributed by atoms with E-state index in [1.165, 1.54) is 0 Å². The SMILES string of the molecule is CC(C)c1ccccc1N1C(=O)CSC1c1ccc(NC(=O)C(Cl)c2ccccc2)cc1. The molecule has 2 atom stereocenters. The number of alkyl halides is 1. The molecule has 6 heteroatoms. The lowest BCUT2D eigenvalue weighted by Crippen LogP contribution is -2.29. The molecule has 0 aliphatic carbocycles. The van der Waals surface area contributed by atoms with Gasteiger partial charge in [-0.05, 0) is 40.8 Å². The fourth-order valence-corrected chi connectivity index (χ4v) is 5.21. The fraction of sp³-hybridized carbons (Fsp3) is 0.231. The minimum atomic E-state index is -0.762. The van der Waals surface area contributed by atoms with Crippen molar-refractivity contribution in [3.63, 3.8) is 0 Å². The number of anilines is 2. The zero-order chi connectivity index (χ0) is 22.7. The van der Waals surface area contributed by atoms with Crippen molar-refractivity contribution in [1.82, 2.24) is 0 Å². The summed E-state index contributed by atoms with van der Waals surface area (Å²) in [5.41, 5.74) is 4.56. The van der Waals surface area contributed by atoms with E-state index in [1.807, 2.05) is 77.7 Å². The maximum absolute atomic E-state index is 12.8. The first-order chi connectivity index (χ1) is 15.5. The lowest BCUT2D eigenvalue weighted by Gasteiger charge is -2.27. The van der Waals surface area contributed by atoms with E-state index in [4.69, 9.17) is 11.6 Å². The summed E-state index contributed by atoms with van der Waals surface area (Å²) in [5, 5.41) is 2.01. The molecule has 1 aliphatic rings. The summed E-state index contributed by atoms with van der Waals surface area (Å²) in [7, 11) is 0. The molecule has 0 saturated carbocycles. The van der Waals surface area contributed by atoms with Gasteiger partial charge in [0.05, 0.1) is 5.75 Å². The summed E-state index contributed by atoms with van der Waals surface area (Å²) >= 11 is 7.94. The molecule has 1 fully saturated rings. The molecule has 1 N–H and O–H groups in total. The highest BCUT2D eigenvalue weighted by Crippen LogP contribution is 2.44. The first-order valence-electron chi connectivity index (χ1n) is 10.6. The second-order valence-electron chi connectivity index (χ2n) is 8.03. The molecule has 3 aromatic rings. The van der Waals surface area contributed by atoms with E-state index in [0.717, 1.165) is 22.4 Å². The van der Waals surface area contributed by atoms with E-state index >= 15 is 0 Å². The van der Waals surface area contributed by atoms with E-state index in [-0.39, 0.29) is 17.2 Å². The van der Waals surface area contributed by atoms with Crippen LogP contribution in [0, 0.1) is 0 Å². The lowest BCUT2D eigenvalue weighted by molar-refractivity contribution is -0.116. The van der Waals surface area contributed by atoms with Gasteiger partial charge in [0.25, 0.3) is 0 Å².